The Bertz CT molecular complexity index is 330. The van der Waals surface area contributed by atoms with E-state index in [9.17, 15) is 9.59 Å². The average Bonchev–Trinajstić information content (AvgIpc) is 2.39. The third-order valence-electron chi connectivity index (χ3n) is 2.81. The number of rotatable bonds is 5. The lowest BCUT2D eigenvalue weighted by Crippen LogP contribution is -2.51. The van der Waals surface area contributed by atoms with Crippen LogP contribution in [-0.2, 0) is 14.3 Å². The van der Waals surface area contributed by atoms with Crippen LogP contribution in [0.4, 0.5) is 0 Å². The van der Waals surface area contributed by atoms with Gasteiger partial charge in [0.15, 0.2) is 0 Å². The first-order chi connectivity index (χ1) is 8.67. The van der Waals surface area contributed by atoms with Crippen molar-refractivity contribution in [3.63, 3.8) is 0 Å². The van der Waals surface area contributed by atoms with E-state index in [1.807, 2.05) is 4.90 Å². The van der Waals surface area contributed by atoms with E-state index in [1.54, 1.807) is 4.90 Å². The molecule has 1 aliphatic heterocycles. The predicted octanol–water partition coefficient (Wildman–Crippen LogP) is -1.47. The second-order valence-corrected chi connectivity index (χ2v) is 4.04. The second kappa shape index (κ2) is 7.69. The number of terminal acetylenes is 1. The third-order valence-corrected chi connectivity index (χ3v) is 2.81. The first-order valence-electron chi connectivity index (χ1n) is 5.88. The van der Waals surface area contributed by atoms with Gasteiger partial charge in [-0.25, -0.2) is 0 Å². The largest absolute Gasteiger partial charge is 0.468 e. The van der Waals surface area contributed by atoms with Crippen LogP contribution in [0.2, 0.25) is 0 Å². The molecule has 1 aliphatic rings. The number of hydrogen-bond acceptors (Lipinski definition) is 5. The van der Waals surface area contributed by atoms with Gasteiger partial charge in [-0.15, -0.1) is 6.42 Å². The molecule has 6 nitrogen and oxygen atoms in total. The Morgan fingerprint density at radius 2 is 2.00 bits per heavy atom. The first-order valence-corrected chi connectivity index (χ1v) is 5.88. The van der Waals surface area contributed by atoms with Crippen molar-refractivity contribution in [2.24, 2.45) is 0 Å². The summed E-state index contributed by atoms with van der Waals surface area (Å²) in [4.78, 5) is 26.6. The molecule has 0 aromatic heterocycles. The summed E-state index contributed by atoms with van der Waals surface area (Å²) in [6, 6.07) is 0. The van der Waals surface area contributed by atoms with Crippen molar-refractivity contribution >= 4 is 11.9 Å². The fourth-order valence-corrected chi connectivity index (χ4v) is 1.76. The minimum Gasteiger partial charge on any atom is -0.468 e. The van der Waals surface area contributed by atoms with Crippen LogP contribution in [0.15, 0.2) is 0 Å². The molecular formula is C12H19N3O3. The maximum atomic E-state index is 11.7. The van der Waals surface area contributed by atoms with Crippen LogP contribution >= 0.6 is 0 Å². The fraction of sp³-hybridized carbons (Fsp3) is 0.667. The van der Waals surface area contributed by atoms with Gasteiger partial charge in [-0.1, -0.05) is 5.92 Å². The van der Waals surface area contributed by atoms with E-state index >= 15 is 0 Å². The molecular weight excluding hydrogens is 234 g/mol. The summed E-state index contributed by atoms with van der Waals surface area (Å²) in [6.45, 7) is 3.59. The molecule has 1 rings (SSSR count). The average molecular weight is 253 g/mol. The molecule has 1 heterocycles. The molecule has 1 amide bonds. The summed E-state index contributed by atoms with van der Waals surface area (Å²) in [6.07, 6.45) is 5.08. The number of ether oxygens (including phenoxy) is 1. The molecule has 6 heteroatoms. The molecule has 1 N–H and O–H groups in total. The monoisotopic (exact) mass is 253 g/mol. The molecule has 0 saturated carbocycles. The van der Waals surface area contributed by atoms with Crippen molar-refractivity contribution in [1.29, 1.82) is 0 Å². The van der Waals surface area contributed by atoms with Gasteiger partial charge in [-0.3, -0.25) is 19.8 Å². The van der Waals surface area contributed by atoms with Crippen molar-refractivity contribution < 1.29 is 14.3 Å². The molecule has 0 aromatic carbocycles. The molecule has 0 unspecified atom stereocenters. The first kappa shape index (κ1) is 14.5. The summed E-state index contributed by atoms with van der Waals surface area (Å²) < 4.78 is 4.60. The molecule has 0 atom stereocenters. The van der Waals surface area contributed by atoms with Crippen LogP contribution in [0.25, 0.3) is 0 Å². The number of methoxy groups -OCH3 is 1. The van der Waals surface area contributed by atoms with Crippen LogP contribution in [0.5, 0.6) is 0 Å². The number of nitrogens with one attached hydrogen (secondary N) is 1. The van der Waals surface area contributed by atoms with Gasteiger partial charge in [0.2, 0.25) is 5.91 Å². The summed E-state index contributed by atoms with van der Waals surface area (Å²) >= 11 is 0. The normalized spacial score (nSPS) is 16.1. The summed E-state index contributed by atoms with van der Waals surface area (Å²) in [5.74, 6) is 2.22. The number of piperazine rings is 1. The Morgan fingerprint density at radius 1 is 1.33 bits per heavy atom. The van der Waals surface area contributed by atoms with Crippen molar-refractivity contribution in [2.75, 3.05) is 52.9 Å². The van der Waals surface area contributed by atoms with Crippen LogP contribution in [0, 0.1) is 12.3 Å². The van der Waals surface area contributed by atoms with E-state index in [4.69, 9.17) is 6.42 Å². The van der Waals surface area contributed by atoms with Crippen LogP contribution in [0.3, 0.4) is 0 Å². The quantitative estimate of drug-likeness (QED) is 0.368. The molecule has 0 radical (unpaired) electrons. The van der Waals surface area contributed by atoms with Crippen molar-refractivity contribution in [3.05, 3.63) is 0 Å². The molecule has 100 valence electrons. The Balaban J connectivity index is 2.24. The minimum absolute atomic E-state index is 0.0444. The van der Waals surface area contributed by atoms with E-state index in [0.29, 0.717) is 32.7 Å². The molecule has 0 aromatic rings. The maximum Gasteiger partial charge on any atom is 0.319 e. The number of esters is 1. The van der Waals surface area contributed by atoms with Gasteiger partial charge in [0.25, 0.3) is 0 Å². The number of nitrogens with zero attached hydrogens (tertiary/aromatic N) is 2. The van der Waals surface area contributed by atoms with Gasteiger partial charge in [0.1, 0.15) is 0 Å². The SMILES string of the molecule is C#CCNCC(=O)N1CCN(CC(=O)OC)CC1. The molecule has 1 saturated heterocycles. The smallest absolute Gasteiger partial charge is 0.319 e. The van der Waals surface area contributed by atoms with Crippen molar-refractivity contribution in [3.8, 4) is 12.3 Å². The van der Waals surface area contributed by atoms with Crippen molar-refractivity contribution in [2.45, 2.75) is 0 Å². The number of hydrogen-bond donors (Lipinski definition) is 1. The van der Waals surface area contributed by atoms with Crippen molar-refractivity contribution in [1.82, 2.24) is 15.1 Å². The molecule has 18 heavy (non-hydrogen) atoms. The number of carbonyl (C=O) groups excluding carboxylic acids is 2. The summed E-state index contributed by atoms with van der Waals surface area (Å²) in [5.41, 5.74) is 0. The Hall–Kier alpha value is -1.58. The van der Waals surface area contributed by atoms with E-state index in [1.165, 1.54) is 7.11 Å². The lowest BCUT2D eigenvalue weighted by Gasteiger charge is -2.34. The van der Waals surface area contributed by atoms with Crippen LogP contribution < -0.4 is 5.32 Å². The van der Waals surface area contributed by atoms with Gasteiger partial charge < -0.3 is 9.64 Å². The van der Waals surface area contributed by atoms with E-state index < -0.39 is 0 Å². The second-order valence-electron chi connectivity index (χ2n) is 4.04. The van der Waals surface area contributed by atoms with Gasteiger partial charge in [-0.05, 0) is 0 Å². The Labute approximate surface area is 107 Å². The highest BCUT2D eigenvalue weighted by molar-refractivity contribution is 5.78. The highest BCUT2D eigenvalue weighted by atomic mass is 16.5. The molecule has 0 bridgehead atoms. The van der Waals surface area contributed by atoms with Gasteiger partial charge in [-0.2, -0.15) is 0 Å². The summed E-state index contributed by atoms with van der Waals surface area (Å²) in [5, 5.41) is 2.87. The lowest BCUT2D eigenvalue weighted by atomic mass is 10.3. The maximum absolute atomic E-state index is 11.7. The zero-order chi connectivity index (χ0) is 13.4. The molecule has 1 fully saturated rings. The zero-order valence-corrected chi connectivity index (χ0v) is 10.6. The predicted molar refractivity (Wildman–Crippen MR) is 66.7 cm³/mol. The zero-order valence-electron chi connectivity index (χ0n) is 10.6. The molecule has 0 spiro atoms. The van der Waals surface area contributed by atoms with Gasteiger partial charge in [0, 0.05) is 26.2 Å². The molecule has 0 aliphatic carbocycles. The third kappa shape index (κ3) is 4.73. The lowest BCUT2D eigenvalue weighted by molar-refractivity contribution is -0.142. The minimum atomic E-state index is -0.245. The Kier molecular flexibility index (Phi) is 6.19. The Morgan fingerprint density at radius 3 is 2.56 bits per heavy atom. The van der Waals surface area contributed by atoms with Gasteiger partial charge in [0.05, 0.1) is 26.7 Å². The van der Waals surface area contributed by atoms with Crippen LogP contribution in [-0.4, -0.2) is 74.6 Å². The standard InChI is InChI=1S/C12H19N3O3/c1-3-4-13-9-11(16)15-7-5-14(6-8-15)10-12(17)18-2/h1,13H,4-10H2,2H3. The number of carbonyl (C=O) groups is 2. The van der Waals surface area contributed by atoms with Gasteiger partial charge >= 0.3 is 5.97 Å². The highest BCUT2D eigenvalue weighted by Gasteiger charge is 2.21. The topological polar surface area (TPSA) is 61.9 Å². The van der Waals surface area contributed by atoms with Crippen LogP contribution in [0.1, 0.15) is 0 Å². The van der Waals surface area contributed by atoms with E-state index in [-0.39, 0.29) is 25.0 Å². The number of amides is 1. The summed E-state index contributed by atoms with van der Waals surface area (Å²) in [7, 11) is 1.37. The fourth-order valence-electron chi connectivity index (χ4n) is 1.76. The van der Waals surface area contributed by atoms with E-state index in [0.717, 1.165) is 0 Å². The van der Waals surface area contributed by atoms with E-state index in [2.05, 4.69) is 16.0 Å². The highest BCUT2D eigenvalue weighted by Crippen LogP contribution is 2.01.